The number of benzene rings is 2. The first kappa shape index (κ1) is 24.3. The minimum absolute atomic E-state index is 0.0141. The van der Waals surface area contributed by atoms with E-state index in [1.807, 2.05) is 12.1 Å². The molecule has 1 aliphatic heterocycles. The van der Waals surface area contributed by atoms with E-state index in [0.29, 0.717) is 54.1 Å². The van der Waals surface area contributed by atoms with Gasteiger partial charge in [0.1, 0.15) is 5.82 Å². The number of nitrogens with zero attached hydrogens (tertiary/aromatic N) is 4. The van der Waals surface area contributed by atoms with Crippen molar-refractivity contribution >= 4 is 5.69 Å². The van der Waals surface area contributed by atoms with Crippen molar-refractivity contribution in [2.45, 2.75) is 25.7 Å². The molecule has 0 fully saturated rings. The zero-order valence-electron chi connectivity index (χ0n) is 19.3. The molecule has 11 heteroatoms. The summed E-state index contributed by atoms with van der Waals surface area (Å²) < 4.78 is 38.6. The van der Waals surface area contributed by atoms with Crippen LogP contribution in [0.4, 0.5) is 18.9 Å². The van der Waals surface area contributed by atoms with E-state index in [2.05, 4.69) is 19.9 Å². The van der Waals surface area contributed by atoms with Crippen LogP contribution in [0.1, 0.15) is 22.5 Å². The lowest BCUT2D eigenvalue weighted by Crippen LogP contribution is -2.35. The van der Waals surface area contributed by atoms with Crippen LogP contribution in [0.25, 0.3) is 22.6 Å². The summed E-state index contributed by atoms with van der Waals surface area (Å²) in [5.74, 6) is 0.234. The Labute approximate surface area is 208 Å². The first-order valence-electron chi connectivity index (χ1n) is 11.4. The lowest BCUT2D eigenvalue weighted by molar-refractivity contribution is -0.384. The number of hydrogen-bond donors (Lipinski definition) is 1. The lowest BCUT2D eigenvalue weighted by Gasteiger charge is -2.27. The number of H-pyrrole nitrogens is 1. The number of nitro groups is 1. The van der Waals surface area contributed by atoms with Gasteiger partial charge in [-0.1, -0.05) is 30.3 Å². The highest BCUT2D eigenvalue weighted by Gasteiger charge is 2.30. The van der Waals surface area contributed by atoms with Gasteiger partial charge in [-0.05, 0) is 24.3 Å². The Balaban J connectivity index is 1.33. The molecule has 0 atom stereocenters. The molecule has 0 aliphatic carbocycles. The molecule has 3 heterocycles. The Morgan fingerprint density at radius 2 is 1.76 bits per heavy atom. The summed E-state index contributed by atoms with van der Waals surface area (Å²) in [7, 11) is 0. The molecule has 0 amide bonds. The van der Waals surface area contributed by atoms with E-state index in [4.69, 9.17) is 0 Å². The van der Waals surface area contributed by atoms with Gasteiger partial charge < -0.3 is 4.98 Å². The van der Waals surface area contributed by atoms with Crippen LogP contribution in [0.2, 0.25) is 0 Å². The van der Waals surface area contributed by atoms with Gasteiger partial charge in [0.25, 0.3) is 11.2 Å². The number of alkyl halides is 3. The van der Waals surface area contributed by atoms with E-state index in [1.54, 1.807) is 18.2 Å². The number of hydrogen-bond acceptors (Lipinski definition) is 6. The highest BCUT2D eigenvalue weighted by Crippen LogP contribution is 2.30. The molecule has 5 rings (SSSR count). The fraction of sp³-hybridized carbons (Fsp3) is 0.192. The van der Waals surface area contributed by atoms with Gasteiger partial charge in [0.2, 0.25) is 0 Å². The van der Waals surface area contributed by atoms with Gasteiger partial charge in [-0.15, -0.1) is 0 Å². The van der Waals surface area contributed by atoms with Gasteiger partial charge in [0.05, 0.1) is 33.1 Å². The number of aromatic amines is 1. The zero-order chi connectivity index (χ0) is 26.2. The predicted octanol–water partition coefficient (Wildman–Crippen LogP) is 4.98. The quantitative estimate of drug-likeness (QED) is 0.302. The third-order valence-electron chi connectivity index (χ3n) is 6.18. The van der Waals surface area contributed by atoms with Gasteiger partial charge in [-0.3, -0.25) is 24.8 Å². The first-order valence-corrected chi connectivity index (χ1v) is 11.4. The lowest BCUT2D eigenvalue weighted by atomic mass is 10.1. The largest absolute Gasteiger partial charge is 0.416 e. The maximum Gasteiger partial charge on any atom is 0.416 e. The van der Waals surface area contributed by atoms with Gasteiger partial charge in [-0.25, -0.2) is 4.98 Å². The van der Waals surface area contributed by atoms with E-state index in [-0.39, 0.29) is 17.1 Å². The van der Waals surface area contributed by atoms with Gasteiger partial charge in [0, 0.05) is 49.3 Å². The summed E-state index contributed by atoms with van der Waals surface area (Å²) in [6.45, 7) is 1.41. The van der Waals surface area contributed by atoms with Crippen molar-refractivity contribution in [3.8, 4) is 22.6 Å². The van der Waals surface area contributed by atoms with Gasteiger partial charge >= 0.3 is 6.18 Å². The zero-order valence-corrected chi connectivity index (χ0v) is 19.3. The van der Waals surface area contributed by atoms with Crippen molar-refractivity contribution in [1.29, 1.82) is 0 Å². The van der Waals surface area contributed by atoms with Crippen molar-refractivity contribution in [2.75, 3.05) is 6.54 Å². The Kier molecular flexibility index (Phi) is 6.30. The average molecular weight is 507 g/mol. The molecule has 37 heavy (non-hydrogen) atoms. The van der Waals surface area contributed by atoms with E-state index in [9.17, 15) is 28.1 Å². The second-order valence-corrected chi connectivity index (χ2v) is 8.70. The predicted molar refractivity (Wildman–Crippen MR) is 129 cm³/mol. The molecule has 2 aromatic heterocycles. The topological polar surface area (TPSA) is 105 Å². The molecular weight excluding hydrogens is 487 g/mol. The molecule has 1 aliphatic rings. The molecule has 188 valence electrons. The highest BCUT2D eigenvalue weighted by atomic mass is 19.4. The summed E-state index contributed by atoms with van der Waals surface area (Å²) in [6.07, 6.45) is -3.94. The molecule has 0 saturated heterocycles. The smallest absolute Gasteiger partial charge is 0.306 e. The van der Waals surface area contributed by atoms with Crippen molar-refractivity contribution in [3.05, 3.63) is 110 Å². The number of rotatable bonds is 5. The Morgan fingerprint density at radius 1 is 1.00 bits per heavy atom. The highest BCUT2D eigenvalue weighted by molar-refractivity contribution is 5.62. The van der Waals surface area contributed by atoms with Crippen LogP contribution in [0.15, 0.2) is 71.5 Å². The minimum atomic E-state index is -4.44. The molecule has 4 aromatic rings. The third kappa shape index (κ3) is 5.26. The molecule has 0 bridgehead atoms. The van der Waals surface area contributed by atoms with E-state index < -0.39 is 16.7 Å². The molecule has 0 spiro atoms. The minimum Gasteiger partial charge on any atom is -0.306 e. The SMILES string of the molecule is O=c1[nH]c(-c2ccc(C(F)(F)F)cc2)nc2c1CN(Cc1cccc(-c3cccc([N+](=O)[O-])c3)n1)CC2. The fourth-order valence-corrected chi connectivity index (χ4v) is 4.31. The standard InChI is InChI=1S/C26H20F3N5O3/c27-26(28,29)18-9-7-16(8-10-18)24-31-23-11-12-33(15-21(23)25(35)32-24)14-19-4-2-6-22(30-19)17-3-1-5-20(13-17)34(36)37/h1-10,13H,11-12,14-15H2,(H,31,32,35). The molecule has 0 saturated carbocycles. The summed E-state index contributed by atoms with van der Waals surface area (Å²) >= 11 is 0. The number of aromatic nitrogens is 3. The molecule has 8 nitrogen and oxygen atoms in total. The fourth-order valence-electron chi connectivity index (χ4n) is 4.31. The Bertz CT molecular complexity index is 1530. The second-order valence-electron chi connectivity index (χ2n) is 8.70. The molecule has 0 unspecified atom stereocenters. The first-order chi connectivity index (χ1) is 17.7. The van der Waals surface area contributed by atoms with Crippen molar-refractivity contribution in [2.24, 2.45) is 0 Å². The summed E-state index contributed by atoms with van der Waals surface area (Å²) in [6, 6.07) is 16.3. The van der Waals surface area contributed by atoms with Crippen LogP contribution < -0.4 is 5.56 Å². The average Bonchev–Trinajstić information content (AvgIpc) is 2.89. The molecule has 1 N–H and O–H groups in total. The van der Waals surface area contributed by atoms with Crippen molar-refractivity contribution < 1.29 is 18.1 Å². The van der Waals surface area contributed by atoms with E-state index in [0.717, 1.165) is 17.8 Å². The monoisotopic (exact) mass is 507 g/mol. The van der Waals surface area contributed by atoms with Gasteiger partial charge in [0.15, 0.2) is 0 Å². The maximum absolute atomic E-state index is 12.9. The molecular formula is C26H20F3N5O3. The maximum atomic E-state index is 12.9. The summed E-state index contributed by atoms with van der Waals surface area (Å²) in [4.78, 5) is 37.4. The summed E-state index contributed by atoms with van der Waals surface area (Å²) in [5, 5.41) is 11.1. The third-order valence-corrected chi connectivity index (χ3v) is 6.18. The van der Waals surface area contributed by atoms with Crippen LogP contribution in [-0.2, 0) is 25.7 Å². The number of non-ortho nitro benzene ring substituents is 1. The molecule has 2 aromatic carbocycles. The summed E-state index contributed by atoms with van der Waals surface area (Å²) in [5.41, 5.74) is 2.41. The van der Waals surface area contributed by atoms with E-state index >= 15 is 0 Å². The number of fused-ring (bicyclic) bond motifs is 1. The number of pyridine rings is 1. The van der Waals surface area contributed by atoms with Crippen LogP contribution in [0.5, 0.6) is 0 Å². The van der Waals surface area contributed by atoms with E-state index in [1.165, 1.54) is 24.3 Å². The number of nitrogens with one attached hydrogen (secondary N) is 1. The van der Waals surface area contributed by atoms with Crippen LogP contribution in [0.3, 0.4) is 0 Å². The van der Waals surface area contributed by atoms with Crippen molar-refractivity contribution in [1.82, 2.24) is 19.9 Å². The normalized spacial score (nSPS) is 13.8. The number of nitro benzene ring substituents is 1. The number of halogens is 3. The van der Waals surface area contributed by atoms with Crippen molar-refractivity contribution in [3.63, 3.8) is 0 Å². The Morgan fingerprint density at radius 3 is 2.49 bits per heavy atom. The van der Waals surface area contributed by atoms with Crippen LogP contribution in [0, 0.1) is 10.1 Å². The molecule has 0 radical (unpaired) electrons. The van der Waals surface area contributed by atoms with Crippen LogP contribution >= 0.6 is 0 Å². The second kappa shape index (κ2) is 9.58. The van der Waals surface area contributed by atoms with Crippen LogP contribution in [-0.4, -0.2) is 31.3 Å². The van der Waals surface area contributed by atoms with Gasteiger partial charge in [-0.2, -0.15) is 13.2 Å². The Hall–Kier alpha value is -4.38.